The summed E-state index contributed by atoms with van der Waals surface area (Å²) in [5.41, 5.74) is 7.11. The van der Waals surface area contributed by atoms with Crippen LogP contribution in [0.1, 0.15) is 5.82 Å². The van der Waals surface area contributed by atoms with Crippen molar-refractivity contribution < 1.29 is 4.39 Å². The Morgan fingerprint density at radius 1 is 1.21 bits per heavy atom. The number of anilines is 1. The zero-order valence-corrected chi connectivity index (χ0v) is 10.3. The highest BCUT2D eigenvalue weighted by Crippen LogP contribution is 2.22. The number of halogens is 1. The van der Waals surface area contributed by atoms with E-state index in [0.717, 1.165) is 0 Å². The monoisotopic (exact) mass is 257 g/mol. The van der Waals surface area contributed by atoms with Gasteiger partial charge in [0, 0.05) is 5.39 Å². The number of fused-ring (bicyclic) bond motifs is 2. The van der Waals surface area contributed by atoms with Gasteiger partial charge in [0.15, 0.2) is 5.65 Å². The van der Waals surface area contributed by atoms with Gasteiger partial charge in [-0.15, -0.1) is 0 Å². The first-order chi connectivity index (χ1) is 9.17. The molecule has 0 atom stereocenters. The summed E-state index contributed by atoms with van der Waals surface area (Å²) in [6, 6.07) is 6.18. The van der Waals surface area contributed by atoms with Crippen molar-refractivity contribution in [3.63, 3.8) is 0 Å². The average molecular weight is 257 g/mol. The molecule has 0 fully saturated rings. The zero-order valence-electron chi connectivity index (χ0n) is 10.3. The second-order valence-electron chi connectivity index (χ2n) is 4.25. The average Bonchev–Trinajstić information content (AvgIpc) is 2.37. The highest BCUT2D eigenvalue weighted by Gasteiger charge is 2.08. The van der Waals surface area contributed by atoms with Gasteiger partial charge in [0.25, 0.3) is 0 Å². The van der Waals surface area contributed by atoms with Crippen molar-refractivity contribution >= 4 is 27.8 Å². The maximum Gasteiger partial charge on any atom is 0.165 e. The normalized spacial score (nSPS) is 11.3. The van der Waals surface area contributed by atoms with Gasteiger partial charge in [-0.3, -0.25) is 0 Å². The predicted octanol–water partition coefficient (Wildman–Crippen LogP) is 1.62. The van der Waals surface area contributed by atoms with Gasteiger partial charge in [-0.1, -0.05) is 0 Å². The van der Waals surface area contributed by atoms with E-state index in [1.54, 1.807) is 19.2 Å². The summed E-state index contributed by atoms with van der Waals surface area (Å²) in [7, 11) is 1.81. The summed E-state index contributed by atoms with van der Waals surface area (Å²) >= 11 is 0. The highest BCUT2D eigenvalue weighted by atomic mass is 19.1. The molecule has 0 saturated carbocycles. The van der Waals surface area contributed by atoms with Crippen molar-refractivity contribution in [1.29, 1.82) is 0 Å². The molecule has 3 N–H and O–H groups in total. The topological polar surface area (TPSA) is 76.7 Å². The van der Waals surface area contributed by atoms with Gasteiger partial charge >= 0.3 is 0 Å². The smallest absolute Gasteiger partial charge is 0.165 e. The SMILES string of the molecule is CNCc1nc(N)c2cc3cc(F)ccc3nc2n1. The second-order valence-corrected chi connectivity index (χ2v) is 4.25. The van der Waals surface area contributed by atoms with Crippen molar-refractivity contribution in [2.75, 3.05) is 12.8 Å². The number of hydrogen-bond acceptors (Lipinski definition) is 5. The Hall–Kier alpha value is -2.34. The second kappa shape index (κ2) is 4.40. The number of nitrogen functional groups attached to an aromatic ring is 1. The number of aromatic nitrogens is 3. The Labute approximate surface area is 108 Å². The van der Waals surface area contributed by atoms with E-state index in [4.69, 9.17) is 5.73 Å². The lowest BCUT2D eigenvalue weighted by molar-refractivity contribution is 0.629. The number of pyridine rings is 1. The molecule has 96 valence electrons. The molecule has 5 nitrogen and oxygen atoms in total. The van der Waals surface area contributed by atoms with Crippen molar-refractivity contribution in [3.8, 4) is 0 Å². The number of nitrogens with zero attached hydrogens (tertiary/aromatic N) is 3. The third-order valence-electron chi connectivity index (χ3n) is 2.85. The van der Waals surface area contributed by atoms with E-state index < -0.39 is 0 Å². The molecule has 0 spiro atoms. The number of benzene rings is 1. The molecule has 0 aliphatic heterocycles. The Kier molecular flexibility index (Phi) is 2.72. The third-order valence-corrected chi connectivity index (χ3v) is 2.85. The van der Waals surface area contributed by atoms with Gasteiger partial charge in [-0.2, -0.15) is 0 Å². The van der Waals surface area contributed by atoms with Crippen molar-refractivity contribution in [1.82, 2.24) is 20.3 Å². The summed E-state index contributed by atoms with van der Waals surface area (Å²) < 4.78 is 13.2. The van der Waals surface area contributed by atoms with E-state index in [1.807, 2.05) is 0 Å². The molecule has 0 radical (unpaired) electrons. The molecular formula is C13H12FN5. The minimum Gasteiger partial charge on any atom is -0.383 e. The van der Waals surface area contributed by atoms with Crippen LogP contribution < -0.4 is 11.1 Å². The summed E-state index contributed by atoms with van der Waals surface area (Å²) in [6.45, 7) is 0.517. The highest BCUT2D eigenvalue weighted by molar-refractivity contribution is 5.95. The zero-order chi connectivity index (χ0) is 13.4. The van der Waals surface area contributed by atoms with Crippen LogP contribution in [-0.4, -0.2) is 22.0 Å². The van der Waals surface area contributed by atoms with Gasteiger partial charge in [0.05, 0.1) is 17.4 Å². The molecule has 2 aromatic heterocycles. The minimum absolute atomic E-state index is 0.306. The quantitative estimate of drug-likeness (QED) is 0.682. The van der Waals surface area contributed by atoms with Crippen LogP contribution in [0.4, 0.5) is 10.2 Å². The lowest BCUT2D eigenvalue weighted by Gasteiger charge is -2.06. The van der Waals surface area contributed by atoms with E-state index in [2.05, 4.69) is 20.3 Å². The van der Waals surface area contributed by atoms with Gasteiger partial charge in [0.1, 0.15) is 17.5 Å². The molecule has 2 heterocycles. The van der Waals surface area contributed by atoms with Crippen LogP contribution in [0.5, 0.6) is 0 Å². The molecule has 1 aromatic carbocycles. The van der Waals surface area contributed by atoms with Crippen LogP contribution >= 0.6 is 0 Å². The van der Waals surface area contributed by atoms with E-state index in [9.17, 15) is 4.39 Å². The number of rotatable bonds is 2. The molecule has 0 aliphatic carbocycles. The van der Waals surface area contributed by atoms with Gasteiger partial charge in [-0.25, -0.2) is 19.3 Å². The molecule has 19 heavy (non-hydrogen) atoms. The fourth-order valence-electron chi connectivity index (χ4n) is 1.99. The first-order valence-electron chi connectivity index (χ1n) is 5.84. The molecule has 0 bridgehead atoms. The molecule has 0 aliphatic rings. The Balaban J connectivity index is 2.31. The molecule has 6 heteroatoms. The third kappa shape index (κ3) is 2.06. The van der Waals surface area contributed by atoms with Crippen molar-refractivity contribution in [2.45, 2.75) is 6.54 Å². The van der Waals surface area contributed by atoms with Gasteiger partial charge in [-0.05, 0) is 31.3 Å². The van der Waals surface area contributed by atoms with E-state index >= 15 is 0 Å². The predicted molar refractivity (Wildman–Crippen MR) is 72.0 cm³/mol. The van der Waals surface area contributed by atoms with Crippen LogP contribution in [0.15, 0.2) is 24.3 Å². The summed E-state index contributed by atoms with van der Waals surface area (Å²) in [5, 5.41) is 4.28. The molecule has 0 unspecified atom stereocenters. The fraction of sp³-hybridized carbons (Fsp3) is 0.154. The summed E-state index contributed by atoms with van der Waals surface area (Å²) in [4.78, 5) is 12.9. The molecule has 3 aromatic rings. The molecule has 0 amide bonds. The van der Waals surface area contributed by atoms with Crippen LogP contribution in [-0.2, 0) is 6.54 Å². The number of hydrogen-bond donors (Lipinski definition) is 2. The fourth-order valence-corrected chi connectivity index (χ4v) is 1.99. The maximum atomic E-state index is 13.2. The lowest BCUT2D eigenvalue weighted by Crippen LogP contribution is -2.11. The lowest BCUT2D eigenvalue weighted by atomic mass is 10.2. The number of nitrogens with one attached hydrogen (secondary N) is 1. The van der Waals surface area contributed by atoms with E-state index in [1.165, 1.54) is 12.1 Å². The Morgan fingerprint density at radius 2 is 2.05 bits per heavy atom. The van der Waals surface area contributed by atoms with E-state index in [-0.39, 0.29) is 5.82 Å². The molecular weight excluding hydrogens is 245 g/mol. The Bertz CT molecular complexity index is 772. The van der Waals surface area contributed by atoms with E-state index in [0.29, 0.717) is 40.1 Å². The molecule has 3 rings (SSSR count). The standard InChI is InChI=1S/C13H12FN5/c1-16-6-11-18-12(15)9-5-7-4-8(14)2-3-10(7)17-13(9)19-11/h2-5,16H,6H2,1H3,(H2,15,17,18,19). The Morgan fingerprint density at radius 3 is 2.84 bits per heavy atom. The summed E-state index contributed by atoms with van der Waals surface area (Å²) in [6.07, 6.45) is 0. The maximum absolute atomic E-state index is 13.2. The van der Waals surface area contributed by atoms with Gasteiger partial charge in [0.2, 0.25) is 0 Å². The van der Waals surface area contributed by atoms with Crippen LogP contribution in [0.2, 0.25) is 0 Å². The van der Waals surface area contributed by atoms with Gasteiger partial charge < -0.3 is 11.1 Å². The summed E-state index contributed by atoms with van der Waals surface area (Å²) in [5.74, 6) is 0.635. The van der Waals surface area contributed by atoms with Crippen LogP contribution in [0.25, 0.3) is 21.9 Å². The first kappa shape index (κ1) is 11.7. The largest absolute Gasteiger partial charge is 0.383 e. The van der Waals surface area contributed by atoms with Crippen LogP contribution in [0, 0.1) is 5.82 Å². The van der Waals surface area contributed by atoms with Crippen molar-refractivity contribution in [3.05, 3.63) is 35.9 Å². The van der Waals surface area contributed by atoms with Crippen LogP contribution in [0.3, 0.4) is 0 Å². The number of nitrogens with two attached hydrogens (primary N) is 1. The first-order valence-corrected chi connectivity index (χ1v) is 5.84. The molecule has 0 saturated heterocycles. The van der Waals surface area contributed by atoms with Crippen molar-refractivity contribution in [2.24, 2.45) is 0 Å². The minimum atomic E-state index is -0.306.